The Balaban J connectivity index is 2.97. The van der Waals surface area contributed by atoms with Crippen molar-refractivity contribution in [1.29, 1.82) is 0 Å². The Bertz CT molecular complexity index is 502. The van der Waals surface area contributed by atoms with Crippen molar-refractivity contribution < 1.29 is 14.3 Å². The van der Waals surface area contributed by atoms with Crippen LogP contribution in [0, 0.1) is 5.92 Å². The van der Waals surface area contributed by atoms with Gasteiger partial charge in [0, 0.05) is 12.5 Å². The van der Waals surface area contributed by atoms with Crippen molar-refractivity contribution in [3.63, 3.8) is 0 Å². The van der Waals surface area contributed by atoms with Gasteiger partial charge in [-0.15, -0.1) is 6.58 Å². The lowest BCUT2D eigenvalue weighted by Gasteiger charge is -2.46. The molecular weight excluding hydrogens is 340 g/mol. The SMILES string of the molecule is C=CC/C=C/C(C)=C\[C@@H]1O[C@H](CCO)C[C@@H](O[Si](C)(C)C(C)(C)C)[C@@H]1C. The minimum absolute atomic E-state index is 0.0171. The molecule has 0 aromatic heterocycles. The summed E-state index contributed by atoms with van der Waals surface area (Å²) in [7, 11) is -1.85. The van der Waals surface area contributed by atoms with Crippen LogP contribution in [0.25, 0.3) is 0 Å². The largest absolute Gasteiger partial charge is 0.413 e. The second-order valence-electron chi connectivity index (χ2n) is 9.08. The molecule has 0 aromatic carbocycles. The van der Waals surface area contributed by atoms with Gasteiger partial charge in [0.2, 0.25) is 0 Å². The van der Waals surface area contributed by atoms with Gasteiger partial charge in [0.1, 0.15) is 0 Å². The van der Waals surface area contributed by atoms with E-state index >= 15 is 0 Å². The number of aliphatic hydroxyl groups is 1. The third-order valence-electron chi connectivity index (χ3n) is 5.76. The Morgan fingerprint density at radius 2 is 2.00 bits per heavy atom. The van der Waals surface area contributed by atoms with Gasteiger partial charge in [-0.3, -0.25) is 0 Å². The van der Waals surface area contributed by atoms with Crippen molar-refractivity contribution >= 4 is 8.32 Å². The summed E-state index contributed by atoms with van der Waals surface area (Å²) >= 11 is 0. The van der Waals surface area contributed by atoms with E-state index in [2.05, 4.69) is 72.5 Å². The molecule has 4 atom stereocenters. The average molecular weight is 381 g/mol. The molecule has 1 fully saturated rings. The van der Waals surface area contributed by atoms with Crippen LogP contribution in [0.3, 0.4) is 0 Å². The highest BCUT2D eigenvalue weighted by molar-refractivity contribution is 6.74. The molecule has 0 unspecified atom stereocenters. The minimum Gasteiger partial charge on any atom is -0.413 e. The highest BCUT2D eigenvalue weighted by Crippen LogP contribution is 2.41. The smallest absolute Gasteiger partial charge is 0.192 e. The van der Waals surface area contributed by atoms with Crippen LogP contribution in [0.15, 0.2) is 36.5 Å². The minimum atomic E-state index is -1.85. The maximum atomic E-state index is 9.40. The monoisotopic (exact) mass is 380 g/mol. The van der Waals surface area contributed by atoms with E-state index in [0.717, 1.165) is 12.8 Å². The predicted octanol–water partition coefficient (Wildman–Crippen LogP) is 5.63. The summed E-state index contributed by atoms with van der Waals surface area (Å²) in [6, 6.07) is 0. The molecular formula is C22H40O3Si. The summed E-state index contributed by atoms with van der Waals surface area (Å²) in [5.74, 6) is 0.293. The highest BCUT2D eigenvalue weighted by Gasteiger charge is 2.43. The summed E-state index contributed by atoms with van der Waals surface area (Å²) in [5.41, 5.74) is 1.19. The molecule has 0 aromatic rings. The Kier molecular flexibility index (Phi) is 9.00. The zero-order valence-electron chi connectivity index (χ0n) is 17.9. The van der Waals surface area contributed by atoms with E-state index in [4.69, 9.17) is 9.16 Å². The lowest BCUT2D eigenvalue weighted by atomic mass is 9.88. The zero-order chi connectivity index (χ0) is 20.0. The quantitative estimate of drug-likeness (QED) is 0.337. The predicted molar refractivity (Wildman–Crippen MR) is 114 cm³/mol. The fourth-order valence-corrected chi connectivity index (χ4v) is 4.40. The normalized spacial score (nSPS) is 28.5. The molecule has 0 amide bonds. The van der Waals surface area contributed by atoms with E-state index in [1.165, 1.54) is 5.57 Å². The van der Waals surface area contributed by atoms with Crippen molar-refractivity contribution in [1.82, 2.24) is 0 Å². The molecule has 0 saturated carbocycles. The number of allylic oxidation sites excluding steroid dienone is 4. The van der Waals surface area contributed by atoms with Gasteiger partial charge in [-0.05, 0) is 44.3 Å². The van der Waals surface area contributed by atoms with Gasteiger partial charge in [-0.25, -0.2) is 0 Å². The van der Waals surface area contributed by atoms with E-state index in [-0.39, 0.29) is 30.0 Å². The third kappa shape index (κ3) is 6.80. The molecule has 0 radical (unpaired) electrons. The lowest BCUT2D eigenvalue weighted by molar-refractivity contribution is -0.112. The lowest BCUT2D eigenvalue weighted by Crippen LogP contribution is -2.51. The first-order chi connectivity index (χ1) is 12.0. The molecule has 1 N–H and O–H groups in total. The van der Waals surface area contributed by atoms with E-state index in [1.807, 2.05) is 6.08 Å². The molecule has 26 heavy (non-hydrogen) atoms. The van der Waals surface area contributed by atoms with Crippen LogP contribution in [-0.4, -0.2) is 38.3 Å². The molecule has 0 aliphatic carbocycles. The fraction of sp³-hybridized carbons (Fsp3) is 0.727. The van der Waals surface area contributed by atoms with Crippen LogP contribution >= 0.6 is 0 Å². The first-order valence-electron chi connectivity index (χ1n) is 9.91. The molecule has 150 valence electrons. The highest BCUT2D eigenvalue weighted by atomic mass is 28.4. The zero-order valence-corrected chi connectivity index (χ0v) is 18.9. The molecule has 1 heterocycles. The summed E-state index contributed by atoms with van der Waals surface area (Å²) in [6.45, 7) is 19.7. The first kappa shape index (κ1) is 23.4. The Morgan fingerprint density at radius 1 is 1.35 bits per heavy atom. The second kappa shape index (κ2) is 10.0. The van der Waals surface area contributed by atoms with Gasteiger partial charge in [-0.2, -0.15) is 0 Å². The molecule has 1 aliphatic heterocycles. The maximum absolute atomic E-state index is 9.40. The first-order valence-corrected chi connectivity index (χ1v) is 12.8. The van der Waals surface area contributed by atoms with E-state index in [9.17, 15) is 5.11 Å². The van der Waals surface area contributed by atoms with Gasteiger partial charge in [0.05, 0.1) is 18.3 Å². The van der Waals surface area contributed by atoms with Crippen molar-refractivity contribution in [2.75, 3.05) is 6.61 Å². The van der Waals surface area contributed by atoms with Crippen LogP contribution in [-0.2, 0) is 9.16 Å². The standard InChI is InChI=1S/C22H40O3Si/c1-9-10-11-12-17(2)15-20-18(3)21(16-19(24-20)13-14-23)25-26(7,8)22(4,5)6/h9,11-12,15,18-21,23H,1,10,13-14,16H2,2-8H3/b12-11+,17-15-/t18-,19-,20+,21-/m1/s1. The number of hydrogen-bond acceptors (Lipinski definition) is 3. The van der Waals surface area contributed by atoms with Crippen molar-refractivity contribution in [2.45, 2.75) is 90.3 Å². The van der Waals surface area contributed by atoms with Crippen LogP contribution in [0.1, 0.15) is 53.9 Å². The molecule has 0 bridgehead atoms. The number of rotatable bonds is 8. The Labute approximate surface area is 162 Å². The number of hydrogen-bond donors (Lipinski definition) is 1. The molecule has 1 saturated heterocycles. The maximum Gasteiger partial charge on any atom is 0.192 e. The van der Waals surface area contributed by atoms with Gasteiger partial charge >= 0.3 is 0 Å². The summed E-state index contributed by atoms with van der Waals surface area (Å²) in [6.07, 6.45) is 11.0. The van der Waals surface area contributed by atoms with E-state index in [0.29, 0.717) is 12.3 Å². The van der Waals surface area contributed by atoms with Crippen LogP contribution in [0.4, 0.5) is 0 Å². The molecule has 1 rings (SSSR count). The molecule has 1 aliphatic rings. The summed E-state index contributed by atoms with van der Waals surface area (Å²) < 4.78 is 13.1. The molecule has 3 nitrogen and oxygen atoms in total. The van der Waals surface area contributed by atoms with Gasteiger partial charge in [-0.1, -0.05) is 57.6 Å². The van der Waals surface area contributed by atoms with Crippen LogP contribution in [0.5, 0.6) is 0 Å². The van der Waals surface area contributed by atoms with Crippen molar-refractivity contribution in [2.24, 2.45) is 5.92 Å². The number of aliphatic hydroxyl groups excluding tert-OH is 1. The van der Waals surface area contributed by atoms with Crippen LogP contribution < -0.4 is 0 Å². The number of ether oxygens (including phenoxy) is 1. The molecule has 4 heteroatoms. The topological polar surface area (TPSA) is 38.7 Å². The fourth-order valence-electron chi connectivity index (χ4n) is 2.98. The Hall–Kier alpha value is -0.683. The van der Waals surface area contributed by atoms with E-state index < -0.39 is 8.32 Å². The van der Waals surface area contributed by atoms with Gasteiger partial charge < -0.3 is 14.3 Å². The summed E-state index contributed by atoms with van der Waals surface area (Å²) in [4.78, 5) is 0. The molecule has 0 spiro atoms. The Morgan fingerprint density at radius 3 is 2.54 bits per heavy atom. The van der Waals surface area contributed by atoms with Crippen molar-refractivity contribution in [3.8, 4) is 0 Å². The van der Waals surface area contributed by atoms with Crippen LogP contribution in [0.2, 0.25) is 18.1 Å². The summed E-state index contributed by atoms with van der Waals surface area (Å²) in [5, 5.41) is 9.58. The second-order valence-corrected chi connectivity index (χ2v) is 13.8. The van der Waals surface area contributed by atoms with Gasteiger partial charge in [0.15, 0.2) is 8.32 Å². The van der Waals surface area contributed by atoms with Crippen molar-refractivity contribution in [3.05, 3.63) is 36.5 Å². The van der Waals surface area contributed by atoms with E-state index in [1.54, 1.807) is 0 Å². The average Bonchev–Trinajstić information content (AvgIpc) is 2.51. The van der Waals surface area contributed by atoms with Gasteiger partial charge in [0.25, 0.3) is 0 Å². The third-order valence-corrected chi connectivity index (χ3v) is 10.3.